The molecule has 2 aromatic rings. The molecular formula is C13H16ClN3O2S. The van der Waals surface area contributed by atoms with Gasteiger partial charge in [0, 0.05) is 41.7 Å². The average molecular weight is 314 g/mol. The SMILES string of the molecule is CC(C)c1nc(S(=O)(=O)Cl)cn1CCc1ccncc1. The van der Waals surface area contributed by atoms with Gasteiger partial charge < -0.3 is 4.57 Å². The van der Waals surface area contributed by atoms with Crippen LogP contribution < -0.4 is 0 Å². The molecule has 0 saturated heterocycles. The lowest BCUT2D eigenvalue weighted by Gasteiger charge is -2.09. The number of hydrogen-bond donors (Lipinski definition) is 0. The molecule has 108 valence electrons. The number of rotatable bonds is 5. The van der Waals surface area contributed by atoms with Crippen molar-refractivity contribution in [3.63, 3.8) is 0 Å². The van der Waals surface area contributed by atoms with E-state index in [9.17, 15) is 8.42 Å². The highest BCUT2D eigenvalue weighted by atomic mass is 35.7. The second-order valence-corrected chi connectivity index (χ2v) is 7.34. The minimum atomic E-state index is -3.79. The molecule has 0 bridgehead atoms. The lowest BCUT2D eigenvalue weighted by atomic mass is 10.2. The van der Waals surface area contributed by atoms with Gasteiger partial charge in [-0.2, -0.15) is 0 Å². The van der Waals surface area contributed by atoms with Gasteiger partial charge in [0.05, 0.1) is 0 Å². The third-order valence-electron chi connectivity index (χ3n) is 2.94. The maximum absolute atomic E-state index is 11.4. The van der Waals surface area contributed by atoms with E-state index in [0.717, 1.165) is 17.8 Å². The van der Waals surface area contributed by atoms with E-state index in [-0.39, 0.29) is 10.9 Å². The molecule has 0 saturated carbocycles. The number of hydrogen-bond acceptors (Lipinski definition) is 4. The average Bonchev–Trinajstić information content (AvgIpc) is 2.82. The quantitative estimate of drug-likeness (QED) is 0.796. The normalized spacial score (nSPS) is 12.0. The number of aryl methyl sites for hydroxylation is 2. The number of halogens is 1. The molecule has 0 aromatic carbocycles. The van der Waals surface area contributed by atoms with Crippen molar-refractivity contribution in [2.45, 2.75) is 37.8 Å². The standard InChI is InChI=1S/C13H16ClN3O2S/c1-10(2)13-16-12(20(14,18)19)9-17(13)8-5-11-3-6-15-7-4-11/h3-4,6-7,9-10H,5,8H2,1-2H3. The first-order chi connectivity index (χ1) is 9.38. The fourth-order valence-corrected chi connectivity index (χ4v) is 2.64. The molecule has 2 heterocycles. The van der Waals surface area contributed by atoms with Crippen LogP contribution in [0.3, 0.4) is 0 Å². The maximum Gasteiger partial charge on any atom is 0.280 e. The van der Waals surface area contributed by atoms with Gasteiger partial charge in [-0.1, -0.05) is 13.8 Å². The molecule has 20 heavy (non-hydrogen) atoms. The topological polar surface area (TPSA) is 64.8 Å². The number of aromatic nitrogens is 3. The number of nitrogens with zero attached hydrogens (tertiary/aromatic N) is 3. The Bertz CT molecular complexity index is 681. The molecule has 0 aliphatic carbocycles. The monoisotopic (exact) mass is 313 g/mol. The summed E-state index contributed by atoms with van der Waals surface area (Å²) in [4.78, 5) is 8.09. The van der Waals surface area contributed by atoms with Crippen LogP contribution >= 0.6 is 10.7 Å². The molecule has 0 spiro atoms. The van der Waals surface area contributed by atoms with E-state index in [1.54, 1.807) is 12.4 Å². The fraction of sp³-hybridized carbons (Fsp3) is 0.385. The van der Waals surface area contributed by atoms with Crippen molar-refractivity contribution in [1.82, 2.24) is 14.5 Å². The Morgan fingerprint density at radius 2 is 1.95 bits per heavy atom. The van der Waals surface area contributed by atoms with Gasteiger partial charge >= 0.3 is 0 Å². The van der Waals surface area contributed by atoms with E-state index in [1.807, 2.05) is 30.5 Å². The van der Waals surface area contributed by atoms with Gasteiger partial charge in [-0.25, -0.2) is 13.4 Å². The zero-order valence-electron chi connectivity index (χ0n) is 11.3. The Balaban J connectivity index is 2.24. The summed E-state index contributed by atoms with van der Waals surface area (Å²) in [7, 11) is 1.56. The smallest absolute Gasteiger partial charge is 0.280 e. The molecular weight excluding hydrogens is 298 g/mol. The third kappa shape index (κ3) is 3.58. The van der Waals surface area contributed by atoms with Gasteiger partial charge in [0.1, 0.15) is 5.82 Å². The summed E-state index contributed by atoms with van der Waals surface area (Å²) >= 11 is 0. The summed E-state index contributed by atoms with van der Waals surface area (Å²) in [6.45, 7) is 4.59. The first-order valence-electron chi connectivity index (χ1n) is 6.28. The van der Waals surface area contributed by atoms with Crippen molar-refractivity contribution in [1.29, 1.82) is 0 Å². The highest BCUT2D eigenvalue weighted by Gasteiger charge is 2.19. The zero-order valence-corrected chi connectivity index (χ0v) is 12.9. The second kappa shape index (κ2) is 5.93. The molecule has 7 heteroatoms. The predicted octanol–water partition coefficient (Wildman–Crippen LogP) is 2.57. The van der Waals surface area contributed by atoms with Crippen LogP contribution in [0.5, 0.6) is 0 Å². The van der Waals surface area contributed by atoms with E-state index in [2.05, 4.69) is 9.97 Å². The molecule has 5 nitrogen and oxygen atoms in total. The van der Waals surface area contributed by atoms with Gasteiger partial charge in [-0.05, 0) is 24.1 Å². The van der Waals surface area contributed by atoms with Crippen LogP contribution in [-0.2, 0) is 22.0 Å². The molecule has 0 N–H and O–H groups in total. The molecule has 0 amide bonds. The zero-order chi connectivity index (χ0) is 14.8. The van der Waals surface area contributed by atoms with Crippen LogP contribution in [-0.4, -0.2) is 23.0 Å². The number of imidazole rings is 1. The first-order valence-corrected chi connectivity index (χ1v) is 8.59. The van der Waals surface area contributed by atoms with Crippen molar-refractivity contribution < 1.29 is 8.42 Å². The number of pyridine rings is 1. The lowest BCUT2D eigenvalue weighted by Crippen LogP contribution is -2.06. The Morgan fingerprint density at radius 1 is 1.30 bits per heavy atom. The molecule has 0 aliphatic rings. The van der Waals surface area contributed by atoms with Crippen molar-refractivity contribution in [2.24, 2.45) is 0 Å². The summed E-state index contributed by atoms with van der Waals surface area (Å²) in [5, 5.41) is -0.0856. The summed E-state index contributed by atoms with van der Waals surface area (Å²) < 4.78 is 24.6. The molecule has 2 rings (SSSR count). The lowest BCUT2D eigenvalue weighted by molar-refractivity contribution is 0.606. The first kappa shape index (κ1) is 15.0. The second-order valence-electron chi connectivity index (χ2n) is 4.83. The summed E-state index contributed by atoms with van der Waals surface area (Å²) in [6, 6.07) is 3.87. The minimum Gasteiger partial charge on any atom is -0.333 e. The fourth-order valence-electron chi connectivity index (χ4n) is 1.96. The third-order valence-corrected chi connectivity index (χ3v) is 4.11. The van der Waals surface area contributed by atoms with Crippen LogP contribution in [0.25, 0.3) is 0 Å². The van der Waals surface area contributed by atoms with Crippen LogP contribution in [0.1, 0.15) is 31.2 Å². The van der Waals surface area contributed by atoms with Crippen LogP contribution in [0.15, 0.2) is 35.7 Å². The van der Waals surface area contributed by atoms with E-state index in [1.165, 1.54) is 6.20 Å². The Morgan fingerprint density at radius 3 is 2.50 bits per heavy atom. The molecule has 0 unspecified atom stereocenters. The van der Waals surface area contributed by atoms with E-state index < -0.39 is 9.05 Å². The maximum atomic E-state index is 11.4. The van der Waals surface area contributed by atoms with Gasteiger partial charge in [0.2, 0.25) is 0 Å². The van der Waals surface area contributed by atoms with E-state index in [0.29, 0.717) is 6.54 Å². The van der Waals surface area contributed by atoms with Crippen molar-refractivity contribution in [3.05, 3.63) is 42.1 Å². The van der Waals surface area contributed by atoms with Gasteiger partial charge in [0.15, 0.2) is 5.03 Å². The summed E-state index contributed by atoms with van der Waals surface area (Å²) in [5.41, 5.74) is 1.14. The highest BCUT2D eigenvalue weighted by molar-refractivity contribution is 8.13. The van der Waals surface area contributed by atoms with Crippen molar-refractivity contribution >= 4 is 19.7 Å². The molecule has 0 fully saturated rings. The molecule has 0 aliphatic heterocycles. The predicted molar refractivity (Wildman–Crippen MR) is 77.3 cm³/mol. The van der Waals surface area contributed by atoms with E-state index >= 15 is 0 Å². The Hall–Kier alpha value is -1.40. The Kier molecular flexibility index (Phi) is 4.45. The highest BCUT2D eigenvalue weighted by Crippen LogP contribution is 2.20. The van der Waals surface area contributed by atoms with Crippen LogP contribution in [0.4, 0.5) is 0 Å². The van der Waals surface area contributed by atoms with Crippen molar-refractivity contribution in [2.75, 3.05) is 0 Å². The Labute approximate surface area is 123 Å². The van der Waals surface area contributed by atoms with Crippen molar-refractivity contribution in [3.8, 4) is 0 Å². The summed E-state index contributed by atoms with van der Waals surface area (Å²) in [5.74, 6) is 0.845. The summed E-state index contributed by atoms with van der Waals surface area (Å²) in [6.07, 6.45) is 5.75. The molecule has 0 radical (unpaired) electrons. The molecule has 2 aromatic heterocycles. The largest absolute Gasteiger partial charge is 0.333 e. The van der Waals surface area contributed by atoms with Crippen LogP contribution in [0.2, 0.25) is 0 Å². The minimum absolute atomic E-state index is 0.0856. The molecule has 0 atom stereocenters. The van der Waals surface area contributed by atoms with Crippen LogP contribution in [0, 0.1) is 0 Å². The van der Waals surface area contributed by atoms with Gasteiger partial charge in [0.25, 0.3) is 9.05 Å². The van der Waals surface area contributed by atoms with Gasteiger partial charge in [-0.15, -0.1) is 0 Å². The van der Waals surface area contributed by atoms with Gasteiger partial charge in [-0.3, -0.25) is 4.98 Å². The van der Waals surface area contributed by atoms with E-state index in [4.69, 9.17) is 10.7 Å².